The molecule has 0 radical (unpaired) electrons. The predicted molar refractivity (Wildman–Crippen MR) is 95.6 cm³/mol. The van der Waals surface area contributed by atoms with E-state index in [9.17, 15) is 9.59 Å². The van der Waals surface area contributed by atoms with E-state index < -0.39 is 0 Å². The normalized spacial score (nSPS) is 10.1. The minimum Gasteiger partial charge on any atom is -0.321 e. The van der Waals surface area contributed by atoms with Gasteiger partial charge in [0.1, 0.15) is 5.82 Å². The summed E-state index contributed by atoms with van der Waals surface area (Å²) in [5.74, 6) is -0.237. The maximum atomic E-state index is 12.5. The molecule has 0 atom stereocenters. The number of aryl methyl sites for hydroxylation is 1. The highest BCUT2D eigenvalue weighted by Gasteiger charge is 2.14. The van der Waals surface area contributed by atoms with Crippen molar-refractivity contribution in [1.82, 2.24) is 9.97 Å². The molecule has 0 saturated carbocycles. The number of carbonyl (C=O) groups is 2. The number of carbonyl (C=O) groups excluding carboxylic acids is 2. The van der Waals surface area contributed by atoms with Crippen molar-refractivity contribution >= 4 is 23.3 Å². The van der Waals surface area contributed by atoms with Gasteiger partial charge in [0.25, 0.3) is 11.8 Å². The van der Waals surface area contributed by atoms with Crippen LogP contribution in [0, 0.1) is 6.92 Å². The summed E-state index contributed by atoms with van der Waals surface area (Å²) in [7, 11) is 0. The third-order valence-electron chi connectivity index (χ3n) is 3.50. The van der Waals surface area contributed by atoms with E-state index in [1.165, 1.54) is 6.20 Å². The number of para-hydroxylation sites is 1. The Morgan fingerprint density at radius 2 is 1.64 bits per heavy atom. The molecular weight excluding hydrogens is 316 g/mol. The number of rotatable bonds is 4. The average Bonchev–Trinajstić information content (AvgIpc) is 2.63. The third-order valence-corrected chi connectivity index (χ3v) is 3.50. The molecule has 1 aromatic carbocycles. The van der Waals surface area contributed by atoms with Crippen LogP contribution in [-0.2, 0) is 0 Å². The molecule has 2 N–H and O–H groups in total. The fraction of sp³-hybridized carbons (Fsp3) is 0.0526. The Morgan fingerprint density at radius 1 is 0.840 bits per heavy atom. The maximum Gasteiger partial charge on any atom is 0.258 e. The molecule has 0 saturated heterocycles. The molecule has 2 heterocycles. The number of amides is 2. The van der Waals surface area contributed by atoms with Crippen LogP contribution in [0.4, 0.5) is 11.5 Å². The molecule has 2 aromatic heterocycles. The second kappa shape index (κ2) is 7.35. The number of hydrogen-bond acceptors (Lipinski definition) is 4. The van der Waals surface area contributed by atoms with Crippen LogP contribution in [0.15, 0.2) is 67.0 Å². The van der Waals surface area contributed by atoms with Crippen LogP contribution in [0.25, 0.3) is 0 Å². The van der Waals surface area contributed by atoms with Gasteiger partial charge in [0.15, 0.2) is 0 Å². The van der Waals surface area contributed by atoms with Crippen molar-refractivity contribution in [2.45, 2.75) is 6.92 Å². The van der Waals surface area contributed by atoms with E-state index >= 15 is 0 Å². The van der Waals surface area contributed by atoms with Gasteiger partial charge in [-0.2, -0.15) is 0 Å². The standard InChI is InChI=1S/C19H16N4O2/c1-13-9-10-14(12-21-13)18(24)22-16-7-3-2-6-15(16)19(25)23-17-8-4-5-11-20-17/h2-12H,1H3,(H,22,24)(H,20,23,25). The van der Waals surface area contributed by atoms with Crippen molar-refractivity contribution in [2.24, 2.45) is 0 Å². The lowest BCUT2D eigenvalue weighted by Gasteiger charge is -2.11. The summed E-state index contributed by atoms with van der Waals surface area (Å²) in [6.07, 6.45) is 3.09. The molecule has 6 heteroatoms. The number of benzene rings is 1. The summed E-state index contributed by atoms with van der Waals surface area (Å²) in [4.78, 5) is 33.0. The Labute approximate surface area is 145 Å². The van der Waals surface area contributed by atoms with Gasteiger partial charge in [0.05, 0.1) is 16.8 Å². The molecule has 0 aliphatic rings. The second-order valence-corrected chi connectivity index (χ2v) is 5.36. The minimum atomic E-state index is -0.350. The molecule has 0 aliphatic carbocycles. The van der Waals surface area contributed by atoms with Crippen LogP contribution in [0.1, 0.15) is 26.4 Å². The average molecular weight is 332 g/mol. The lowest BCUT2D eigenvalue weighted by molar-refractivity contribution is 0.102. The first-order valence-electron chi connectivity index (χ1n) is 7.69. The van der Waals surface area contributed by atoms with Gasteiger partial charge in [0.2, 0.25) is 0 Å². The van der Waals surface area contributed by atoms with Crippen molar-refractivity contribution in [3.63, 3.8) is 0 Å². The van der Waals surface area contributed by atoms with E-state index in [0.29, 0.717) is 22.6 Å². The van der Waals surface area contributed by atoms with E-state index in [-0.39, 0.29) is 11.8 Å². The summed E-state index contributed by atoms with van der Waals surface area (Å²) in [5, 5.41) is 5.46. The van der Waals surface area contributed by atoms with Gasteiger partial charge < -0.3 is 10.6 Å². The van der Waals surface area contributed by atoms with Gasteiger partial charge in [0, 0.05) is 18.1 Å². The van der Waals surface area contributed by atoms with Crippen molar-refractivity contribution in [1.29, 1.82) is 0 Å². The Kier molecular flexibility index (Phi) is 4.80. The Morgan fingerprint density at radius 3 is 2.36 bits per heavy atom. The molecule has 25 heavy (non-hydrogen) atoms. The number of anilines is 2. The van der Waals surface area contributed by atoms with Gasteiger partial charge in [-0.15, -0.1) is 0 Å². The molecule has 0 aliphatic heterocycles. The quantitative estimate of drug-likeness (QED) is 0.768. The van der Waals surface area contributed by atoms with Crippen molar-refractivity contribution in [2.75, 3.05) is 10.6 Å². The number of nitrogens with one attached hydrogen (secondary N) is 2. The molecule has 0 unspecified atom stereocenters. The number of aromatic nitrogens is 2. The molecule has 0 spiro atoms. The molecule has 3 aromatic rings. The highest BCUT2D eigenvalue weighted by atomic mass is 16.2. The maximum absolute atomic E-state index is 12.5. The number of nitrogens with zero attached hydrogens (tertiary/aromatic N) is 2. The SMILES string of the molecule is Cc1ccc(C(=O)Nc2ccccc2C(=O)Nc2ccccn2)cn1. The summed E-state index contributed by atoms with van der Waals surface area (Å²) in [6, 6.07) is 15.5. The predicted octanol–water partition coefficient (Wildman–Crippen LogP) is 3.29. The van der Waals surface area contributed by atoms with Crippen LogP contribution in [0.3, 0.4) is 0 Å². The Balaban J connectivity index is 1.79. The first kappa shape index (κ1) is 16.3. The Hall–Kier alpha value is -3.54. The van der Waals surface area contributed by atoms with Crippen LogP contribution < -0.4 is 10.6 Å². The molecule has 124 valence electrons. The number of hydrogen-bond donors (Lipinski definition) is 2. The Bertz CT molecular complexity index is 893. The van der Waals surface area contributed by atoms with Crippen LogP contribution in [0.2, 0.25) is 0 Å². The van der Waals surface area contributed by atoms with E-state index in [0.717, 1.165) is 5.69 Å². The van der Waals surface area contributed by atoms with Gasteiger partial charge >= 0.3 is 0 Å². The molecule has 0 fully saturated rings. The summed E-state index contributed by atoms with van der Waals surface area (Å²) in [5.41, 5.74) is 2.01. The van der Waals surface area contributed by atoms with Crippen LogP contribution in [0.5, 0.6) is 0 Å². The van der Waals surface area contributed by atoms with Crippen LogP contribution >= 0.6 is 0 Å². The highest BCUT2D eigenvalue weighted by Crippen LogP contribution is 2.18. The minimum absolute atomic E-state index is 0.328. The van der Waals surface area contributed by atoms with Crippen LogP contribution in [-0.4, -0.2) is 21.8 Å². The van der Waals surface area contributed by atoms with Gasteiger partial charge in [-0.3, -0.25) is 14.6 Å². The van der Waals surface area contributed by atoms with Gasteiger partial charge in [-0.05, 0) is 43.3 Å². The summed E-state index contributed by atoms with van der Waals surface area (Å²) < 4.78 is 0. The zero-order valence-electron chi connectivity index (χ0n) is 13.6. The topological polar surface area (TPSA) is 84.0 Å². The van der Waals surface area contributed by atoms with Crippen molar-refractivity contribution < 1.29 is 9.59 Å². The summed E-state index contributed by atoms with van der Waals surface area (Å²) in [6.45, 7) is 1.85. The highest BCUT2D eigenvalue weighted by molar-refractivity contribution is 6.12. The van der Waals surface area contributed by atoms with E-state index in [1.807, 2.05) is 6.92 Å². The van der Waals surface area contributed by atoms with E-state index in [4.69, 9.17) is 0 Å². The van der Waals surface area contributed by atoms with Gasteiger partial charge in [-0.25, -0.2) is 4.98 Å². The van der Waals surface area contributed by atoms with Gasteiger partial charge in [-0.1, -0.05) is 18.2 Å². The smallest absolute Gasteiger partial charge is 0.258 e. The fourth-order valence-electron chi connectivity index (χ4n) is 2.21. The lowest BCUT2D eigenvalue weighted by atomic mass is 10.1. The zero-order valence-corrected chi connectivity index (χ0v) is 13.6. The second-order valence-electron chi connectivity index (χ2n) is 5.36. The molecule has 2 amide bonds. The monoisotopic (exact) mass is 332 g/mol. The zero-order chi connectivity index (χ0) is 17.6. The van der Waals surface area contributed by atoms with E-state index in [2.05, 4.69) is 20.6 Å². The van der Waals surface area contributed by atoms with E-state index in [1.54, 1.807) is 60.8 Å². The number of pyridine rings is 2. The summed E-state index contributed by atoms with van der Waals surface area (Å²) >= 11 is 0. The molecule has 3 rings (SSSR count). The first-order chi connectivity index (χ1) is 12.1. The molecular formula is C19H16N4O2. The van der Waals surface area contributed by atoms with Crippen molar-refractivity contribution in [3.8, 4) is 0 Å². The fourth-order valence-corrected chi connectivity index (χ4v) is 2.21. The molecule has 6 nitrogen and oxygen atoms in total. The van der Waals surface area contributed by atoms with Crippen molar-refractivity contribution in [3.05, 3.63) is 83.8 Å². The third kappa shape index (κ3) is 4.06. The first-order valence-corrected chi connectivity index (χ1v) is 7.69. The lowest BCUT2D eigenvalue weighted by Crippen LogP contribution is -2.18. The molecule has 0 bridgehead atoms. The largest absolute Gasteiger partial charge is 0.321 e.